The van der Waals surface area contributed by atoms with Crippen LogP contribution in [0.5, 0.6) is 0 Å². The van der Waals surface area contributed by atoms with Gasteiger partial charge in [0.05, 0.1) is 17.6 Å². The van der Waals surface area contributed by atoms with Gasteiger partial charge in [-0.25, -0.2) is 0 Å². The number of ketones is 1. The first-order valence-electron chi connectivity index (χ1n) is 13.0. The Hall–Kier alpha value is -1.36. The van der Waals surface area contributed by atoms with Crippen molar-refractivity contribution in [3.8, 4) is 0 Å². The molecule has 3 saturated heterocycles. The minimum absolute atomic E-state index is 0.0989. The summed E-state index contributed by atoms with van der Waals surface area (Å²) < 4.78 is 19.2. The van der Waals surface area contributed by atoms with Crippen molar-refractivity contribution in [2.45, 2.75) is 96.0 Å². The molecule has 4 N–H and O–H groups in total. The maximum atomic E-state index is 13.8. The van der Waals surface area contributed by atoms with Gasteiger partial charge in [-0.3, -0.25) is 9.59 Å². The fourth-order valence-electron chi connectivity index (χ4n) is 9.26. The molecule has 9 nitrogen and oxygen atoms in total. The van der Waals surface area contributed by atoms with E-state index < -0.39 is 64.9 Å². The summed E-state index contributed by atoms with van der Waals surface area (Å²) in [5, 5.41) is 38.3. The summed E-state index contributed by atoms with van der Waals surface area (Å²) in [7, 11) is 0. The average Bonchev–Trinajstić information content (AvgIpc) is 2.89. The highest BCUT2D eigenvalue weighted by molar-refractivity contribution is 6.05. The number of amides is 1. The van der Waals surface area contributed by atoms with Crippen molar-refractivity contribution >= 4 is 11.7 Å². The Kier molecular flexibility index (Phi) is 5.05. The number of carbonyl (C=O) groups is 2. The second-order valence-electron chi connectivity index (χ2n) is 12.3. The van der Waals surface area contributed by atoms with Gasteiger partial charge in [0.25, 0.3) is 0 Å². The Morgan fingerprint density at radius 3 is 2.63 bits per heavy atom. The average molecular weight is 492 g/mol. The van der Waals surface area contributed by atoms with E-state index in [4.69, 9.17) is 14.2 Å². The number of aliphatic hydroxyl groups is 3. The van der Waals surface area contributed by atoms with E-state index in [1.54, 1.807) is 0 Å². The summed E-state index contributed by atoms with van der Waals surface area (Å²) in [6, 6.07) is 0. The maximum Gasteiger partial charge on any atom is 0.216 e. The summed E-state index contributed by atoms with van der Waals surface area (Å²) in [5.74, 6) is -4.16. The summed E-state index contributed by atoms with van der Waals surface area (Å²) >= 11 is 0. The Morgan fingerprint density at radius 1 is 1.17 bits per heavy atom. The van der Waals surface area contributed by atoms with Crippen molar-refractivity contribution in [3.63, 3.8) is 0 Å². The highest BCUT2D eigenvalue weighted by Crippen LogP contribution is 2.79. The van der Waals surface area contributed by atoms with Crippen molar-refractivity contribution in [3.05, 3.63) is 12.2 Å². The van der Waals surface area contributed by atoms with Crippen molar-refractivity contribution in [2.24, 2.45) is 34.0 Å². The zero-order valence-corrected chi connectivity index (χ0v) is 20.7. The Labute approximate surface area is 205 Å². The molecule has 7 fully saturated rings. The van der Waals surface area contributed by atoms with Crippen molar-refractivity contribution in [1.29, 1.82) is 0 Å². The van der Waals surface area contributed by atoms with Gasteiger partial charge in [-0.05, 0) is 49.0 Å². The van der Waals surface area contributed by atoms with E-state index in [0.29, 0.717) is 44.2 Å². The third-order valence-corrected chi connectivity index (χ3v) is 10.5. The van der Waals surface area contributed by atoms with Gasteiger partial charge in [-0.2, -0.15) is 0 Å². The standard InChI is InChI=1S/C26H37NO8/c1-12-14-7-8-15-24-16-9-10-23(3,4)18(24)21(31)26(32,25(15,19(12)29)20(14)30)35-22(24)34-17(33-16)6-5-11-27-13(2)28/h14-18,20-22,30-32H,1,5-11H2,2-4H3,(H,27,28)/t14-,15-,16-,17+,18+,20+,21-,22-,24-,25-,26-/m0/s1. The lowest BCUT2D eigenvalue weighted by molar-refractivity contribution is -0.544. The molecule has 194 valence electrons. The van der Waals surface area contributed by atoms with Gasteiger partial charge in [-0.1, -0.05) is 20.4 Å². The smallest absolute Gasteiger partial charge is 0.216 e. The van der Waals surface area contributed by atoms with Crippen LogP contribution in [0.4, 0.5) is 0 Å². The first-order chi connectivity index (χ1) is 16.4. The van der Waals surface area contributed by atoms with E-state index >= 15 is 0 Å². The van der Waals surface area contributed by atoms with E-state index in [9.17, 15) is 24.9 Å². The van der Waals surface area contributed by atoms with Crippen LogP contribution < -0.4 is 5.32 Å². The number of hydrogen-bond donors (Lipinski definition) is 4. The zero-order chi connectivity index (χ0) is 25.1. The van der Waals surface area contributed by atoms with Crippen LogP contribution in [0.15, 0.2) is 12.2 Å². The summed E-state index contributed by atoms with van der Waals surface area (Å²) in [4.78, 5) is 25.0. The largest absolute Gasteiger partial charge is 0.391 e. The summed E-state index contributed by atoms with van der Waals surface area (Å²) in [5.41, 5.74) is -2.65. The molecule has 3 heterocycles. The minimum atomic E-state index is -2.29. The molecule has 4 aliphatic carbocycles. The minimum Gasteiger partial charge on any atom is -0.391 e. The quantitative estimate of drug-likeness (QED) is 0.338. The molecule has 0 aromatic heterocycles. The number of fused-ring (bicyclic) bond motifs is 1. The van der Waals surface area contributed by atoms with Crippen LogP contribution in [0, 0.1) is 34.0 Å². The van der Waals surface area contributed by atoms with Crippen molar-refractivity contribution in [1.82, 2.24) is 5.32 Å². The Balaban J connectivity index is 1.44. The lowest BCUT2D eigenvalue weighted by Gasteiger charge is -2.77. The number of hydrogen-bond acceptors (Lipinski definition) is 8. The van der Waals surface area contributed by atoms with Crippen molar-refractivity contribution < 1.29 is 39.1 Å². The second-order valence-corrected chi connectivity index (χ2v) is 12.3. The van der Waals surface area contributed by atoms with Gasteiger partial charge in [0.2, 0.25) is 11.7 Å². The molecule has 0 unspecified atom stereocenters. The van der Waals surface area contributed by atoms with Crippen LogP contribution in [0.2, 0.25) is 0 Å². The maximum absolute atomic E-state index is 13.8. The topological polar surface area (TPSA) is 135 Å². The monoisotopic (exact) mass is 491 g/mol. The van der Waals surface area contributed by atoms with Crippen LogP contribution in [-0.2, 0) is 23.8 Å². The number of aliphatic hydroxyl groups excluding tert-OH is 2. The fourth-order valence-corrected chi connectivity index (χ4v) is 9.26. The zero-order valence-electron chi connectivity index (χ0n) is 20.7. The molecule has 4 bridgehead atoms. The van der Waals surface area contributed by atoms with Crippen LogP contribution in [-0.4, -0.2) is 70.2 Å². The molecule has 11 atom stereocenters. The van der Waals surface area contributed by atoms with E-state index in [0.717, 1.165) is 6.42 Å². The lowest BCUT2D eigenvalue weighted by Crippen LogP contribution is -2.89. The van der Waals surface area contributed by atoms with Gasteiger partial charge >= 0.3 is 0 Å². The highest BCUT2D eigenvalue weighted by atomic mass is 16.8. The molecule has 3 aliphatic heterocycles. The molecule has 1 amide bonds. The predicted molar refractivity (Wildman–Crippen MR) is 121 cm³/mol. The highest BCUT2D eigenvalue weighted by Gasteiger charge is 2.90. The SMILES string of the molecule is C=C1C(=O)[C@]23[C@H](O)[C@H]1CC[C@H]2[C@]12[C@H]4O[C@H](CCCNC(C)=O)O[C@H]1CCC(C)(C)[C@H]2[C@H](O)[C@]3(O)O4. The molecule has 2 spiro atoms. The molecule has 7 aliphatic rings. The van der Waals surface area contributed by atoms with Gasteiger partial charge in [-0.15, -0.1) is 0 Å². The van der Waals surface area contributed by atoms with Crippen LogP contribution in [0.25, 0.3) is 0 Å². The van der Waals surface area contributed by atoms with Gasteiger partial charge in [0.1, 0.15) is 11.5 Å². The molecular weight excluding hydrogens is 454 g/mol. The number of Topliss-reactive ketones (excluding diaryl/α,β-unsaturated/α-hetero) is 1. The van der Waals surface area contributed by atoms with Crippen molar-refractivity contribution in [2.75, 3.05) is 6.54 Å². The Bertz CT molecular complexity index is 982. The molecule has 9 heteroatoms. The lowest BCUT2D eigenvalue weighted by atomic mass is 9.35. The van der Waals surface area contributed by atoms with E-state index in [1.807, 2.05) is 0 Å². The van der Waals surface area contributed by atoms with Gasteiger partial charge in [0, 0.05) is 31.7 Å². The number of rotatable bonds is 4. The fraction of sp³-hybridized carbons (Fsp3) is 0.846. The van der Waals surface area contributed by atoms with Gasteiger partial charge < -0.3 is 34.8 Å². The molecule has 4 saturated carbocycles. The molecule has 0 aromatic rings. The molecule has 0 aromatic carbocycles. The third-order valence-electron chi connectivity index (χ3n) is 10.5. The molecule has 7 rings (SSSR count). The second kappa shape index (κ2) is 7.36. The molecular formula is C26H37NO8. The van der Waals surface area contributed by atoms with Crippen LogP contribution in [0.1, 0.15) is 59.3 Å². The van der Waals surface area contributed by atoms with Gasteiger partial charge in [0.15, 0.2) is 18.4 Å². The normalized spacial score (nSPS) is 53.2. The number of ether oxygens (including phenoxy) is 3. The van der Waals surface area contributed by atoms with Crippen LogP contribution in [0.3, 0.4) is 0 Å². The third kappa shape index (κ3) is 2.60. The van der Waals surface area contributed by atoms with E-state index in [1.165, 1.54) is 6.92 Å². The first-order valence-corrected chi connectivity index (χ1v) is 13.0. The predicted octanol–water partition coefficient (Wildman–Crippen LogP) is 0.999. The summed E-state index contributed by atoms with van der Waals surface area (Å²) in [6.45, 7) is 10.1. The molecule has 0 radical (unpaired) electrons. The number of nitrogens with one attached hydrogen (secondary N) is 1. The van der Waals surface area contributed by atoms with E-state index in [-0.39, 0.29) is 17.4 Å². The summed E-state index contributed by atoms with van der Waals surface area (Å²) in [6.07, 6.45) is -0.611. The Morgan fingerprint density at radius 2 is 1.91 bits per heavy atom. The number of carbonyl (C=O) groups excluding carboxylic acids is 2. The van der Waals surface area contributed by atoms with Crippen LogP contribution >= 0.6 is 0 Å². The van der Waals surface area contributed by atoms with E-state index in [2.05, 4.69) is 25.7 Å². The molecule has 35 heavy (non-hydrogen) atoms. The first kappa shape index (κ1) is 24.0.